The topological polar surface area (TPSA) is 41.6 Å². The molecule has 1 aromatic carbocycles. The third kappa shape index (κ3) is 2.23. The SMILES string of the molecule is CCC1NC(c2ccccc2)C(=O)N1C1CCOC1C. The van der Waals surface area contributed by atoms with E-state index in [1.54, 1.807) is 0 Å². The summed E-state index contributed by atoms with van der Waals surface area (Å²) in [4.78, 5) is 14.8. The lowest BCUT2D eigenvalue weighted by Gasteiger charge is -2.31. The molecule has 0 saturated carbocycles. The molecule has 2 heterocycles. The molecule has 2 aliphatic rings. The highest BCUT2D eigenvalue weighted by Gasteiger charge is 2.45. The quantitative estimate of drug-likeness (QED) is 0.917. The van der Waals surface area contributed by atoms with Crippen molar-refractivity contribution < 1.29 is 9.53 Å². The van der Waals surface area contributed by atoms with Gasteiger partial charge in [0.1, 0.15) is 6.04 Å². The molecule has 2 aliphatic heterocycles. The molecule has 0 aliphatic carbocycles. The summed E-state index contributed by atoms with van der Waals surface area (Å²) in [6.45, 7) is 4.93. The van der Waals surface area contributed by atoms with E-state index in [-0.39, 0.29) is 30.3 Å². The second-order valence-electron chi connectivity index (χ2n) is 5.61. The van der Waals surface area contributed by atoms with E-state index in [9.17, 15) is 4.79 Å². The molecule has 1 N–H and O–H groups in total. The van der Waals surface area contributed by atoms with Crippen LogP contribution in [0.15, 0.2) is 30.3 Å². The first-order valence-corrected chi connectivity index (χ1v) is 7.47. The van der Waals surface area contributed by atoms with Crippen LogP contribution in [0, 0.1) is 0 Å². The molecule has 4 unspecified atom stereocenters. The second-order valence-corrected chi connectivity index (χ2v) is 5.61. The molecule has 20 heavy (non-hydrogen) atoms. The van der Waals surface area contributed by atoms with Crippen LogP contribution < -0.4 is 5.32 Å². The Kier molecular flexibility index (Phi) is 3.76. The third-order valence-electron chi connectivity index (χ3n) is 4.41. The van der Waals surface area contributed by atoms with E-state index >= 15 is 0 Å². The van der Waals surface area contributed by atoms with Crippen LogP contribution in [0.3, 0.4) is 0 Å². The minimum Gasteiger partial charge on any atom is -0.376 e. The van der Waals surface area contributed by atoms with Gasteiger partial charge in [0.05, 0.1) is 18.3 Å². The predicted molar refractivity (Wildman–Crippen MR) is 77.1 cm³/mol. The monoisotopic (exact) mass is 274 g/mol. The lowest BCUT2D eigenvalue weighted by atomic mass is 10.1. The van der Waals surface area contributed by atoms with Gasteiger partial charge in [0, 0.05) is 6.61 Å². The van der Waals surface area contributed by atoms with Crippen LogP contribution in [0.5, 0.6) is 0 Å². The van der Waals surface area contributed by atoms with Gasteiger partial charge in [0.25, 0.3) is 0 Å². The Bertz CT molecular complexity index is 477. The largest absolute Gasteiger partial charge is 0.376 e. The number of nitrogens with zero attached hydrogens (tertiary/aromatic N) is 1. The molecule has 1 aromatic rings. The summed E-state index contributed by atoms with van der Waals surface area (Å²) >= 11 is 0. The predicted octanol–water partition coefficient (Wildman–Crippen LogP) is 2.07. The fourth-order valence-electron chi connectivity index (χ4n) is 3.33. The standard InChI is InChI=1S/C16H22N2O2/c1-3-14-17-15(12-7-5-4-6-8-12)16(19)18(14)13-9-10-20-11(13)2/h4-8,11,13-15,17H,3,9-10H2,1-2H3. The van der Waals surface area contributed by atoms with Gasteiger partial charge in [-0.2, -0.15) is 0 Å². The fraction of sp³-hybridized carbons (Fsp3) is 0.562. The van der Waals surface area contributed by atoms with Crippen molar-refractivity contribution in [2.75, 3.05) is 6.61 Å². The van der Waals surface area contributed by atoms with E-state index < -0.39 is 0 Å². The summed E-state index contributed by atoms with van der Waals surface area (Å²) in [6, 6.07) is 9.96. The lowest BCUT2D eigenvalue weighted by Crippen LogP contribution is -2.47. The molecule has 2 fully saturated rings. The van der Waals surface area contributed by atoms with Crippen LogP contribution in [-0.4, -0.2) is 35.7 Å². The van der Waals surface area contributed by atoms with Crippen LogP contribution in [0.25, 0.3) is 0 Å². The highest BCUT2D eigenvalue weighted by Crippen LogP contribution is 2.31. The van der Waals surface area contributed by atoms with E-state index in [1.807, 2.05) is 35.2 Å². The van der Waals surface area contributed by atoms with Gasteiger partial charge < -0.3 is 9.64 Å². The molecule has 0 aromatic heterocycles. The average molecular weight is 274 g/mol. The van der Waals surface area contributed by atoms with Crippen molar-refractivity contribution in [1.29, 1.82) is 0 Å². The number of amides is 1. The first-order chi connectivity index (χ1) is 9.72. The number of carbonyl (C=O) groups excluding carboxylic acids is 1. The highest BCUT2D eigenvalue weighted by molar-refractivity contribution is 5.86. The van der Waals surface area contributed by atoms with Crippen LogP contribution in [0.4, 0.5) is 0 Å². The van der Waals surface area contributed by atoms with Gasteiger partial charge in [-0.25, -0.2) is 0 Å². The number of hydrogen-bond donors (Lipinski definition) is 1. The lowest BCUT2D eigenvalue weighted by molar-refractivity contribution is -0.133. The summed E-state index contributed by atoms with van der Waals surface area (Å²) in [6.07, 6.45) is 2.09. The number of hydrogen-bond acceptors (Lipinski definition) is 3. The zero-order valence-corrected chi connectivity index (χ0v) is 12.1. The van der Waals surface area contributed by atoms with Gasteiger partial charge >= 0.3 is 0 Å². The first-order valence-electron chi connectivity index (χ1n) is 7.47. The maximum atomic E-state index is 12.8. The van der Waals surface area contributed by atoms with Crippen molar-refractivity contribution in [3.8, 4) is 0 Å². The van der Waals surface area contributed by atoms with Gasteiger partial charge in [-0.05, 0) is 25.3 Å². The van der Waals surface area contributed by atoms with E-state index in [0.29, 0.717) is 0 Å². The molecule has 4 nitrogen and oxygen atoms in total. The molecule has 2 saturated heterocycles. The second kappa shape index (κ2) is 5.54. The van der Waals surface area contributed by atoms with Gasteiger partial charge in [0.2, 0.25) is 5.91 Å². The average Bonchev–Trinajstić information content (AvgIpc) is 3.03. The molecule has 0 bridgehead atoms. The Morgan fingerprint density at radius 1 is 1.35 bits per heavy atom. The smallest absolute Gasteiger partial charge is 0.245 e. The number of rotatable bonds is 3. The summed E-state index contributed by atoms with van der Waals surface area (Å²) in [5, 5.41) is 3.48. The number of nitrogens with one attached hydrogen (secondary N) is 1. The fourth-order valence-corrected chi connectivity index (χ4v) is 3.33. The molecular formula is C16H22N2O2. The molecule has 0 spiro atoms. The van der Waals surface area contributed by atoms with E-state index in [0.717, 1.165) is 25.0 Å². The van der Waals surface area contributed by atoms with Crippen molar-refractivity contribution in [2.45, 2.75) is 51.0 Å². The zero-order valence-electron chi connectivity index (χ0n) is 12.1. The highest BCUT2D eigenvalue weighted by atomic mass is 16.5. The molecule has 3 rings (SSSR count). The summed E-state index contributed by atoms with van der Waals surface area (Å²) < 4.78 is 5.64. The maximum absolute atomic E-state index is 12.8. The van der Waals surface area contributed by atoms with E-state index in [1.165, 1.54) is 0 Å². The molecule has 4 atom stereocenters. The van der Waals surface area contributed by atoms with Gasteiger partial charge in [-0.15, -0.1) is 0 Å². The summed E-state index contributed by atoms with van der Waals surface area (Å²) in [5.41, 5.74) is 1.05. The number of benzene rings is 1. The van der Waals surface area contributed by atoms with Crippen molar-refractivity contribution >= 4 is 5.91 Å². The van der Waals surface area contributed by atoms with Crippen molar-refractivity contribution in [3.05, 3.63) is 35.9 Å². The molecular weight excluding hydrogens is 252 g/mol. The minimum atomic E-state index is -0.214. The first kappa shape index (κ1) is 13.6. The zero-order chi connectivity index (χ0) is 14.1. The van der Waals surface area contributed by atoms with Crippen LogP contribution in [-0.2, 0) is 9.53 Å². The molecule has 0 radical (unpaired) electrons. The third-order valence-corrected chi connectivity index (χ3v) is 4.41. The number of ether oxygens (including phenoxy) is 1. The van der Waals surface area contributed by atoms with Gasteiger partial charge in [0.15, 0.2) is 0 Å². The summed E-state index contributed by atoms with van der Waals surface area (Å²) in [5.74, 6) is 0.186. The van der Waals surface area contributed by atoms with E-state index in [4.69, 9.17) is 4.74 Å². The minimum absolute atomic E-state index is 0.113. The van der Waals surface area contributed by atoms with Crippen molar-refractivity contribution in [1.82, 2.24) is 10.2 Å². The molecule has 108 valence electrons. The normalized spacial score (nSPS) is 33.9. The Morgan fingerprint density at radius 3 is 2.70 bits per heavy atom. The summed E-state index contributed by atoms with van der Waals surface area (Å²) in [7, 11) is 0. The van der Waals surface area contributed by atoms with Gasteiger partial charge in [-0.1, -0.05) is 37.3 Å². The van der Waals surface area contributed by atoms with Crippen LogP contribution in [0.2, 0.25) is 0 Å². The van der Waals surface area contributed by atoms with Gasteiger partial charge in [-0.3, -0.25) is 10.1 Å². The van der Waals surface area contributed by atoms with Crippen molar-refractivity contribution in [2.24, 2.45) is 0 Å². The Balaban J connectivity index is 1.86. The Labute approximate surface area is 120 Å². The van der Waals surface area contributed by atoms with Crippen LogP contribution >= 0.6 is 0 Å². The molecule has 1 amide bonds. The Hall–Kier alpha value is -1.39. The number of carbonyl (C=O) groups is 1. The van der Waals surface area contributed by atoms with Crippen molar-refractivity contribution in [3.63, 3.8) is 0 Å². The maximum Gasteiger partial charge on any atom is 0.245 e. The molecule has 4 heteroatoms. The Morgan fingerprint density at radius 2 is 2.10 bits per heavy atom. The van der Waals surface area contributed by atoms with Crippen LogP contribution in [0.1, 0.15) is 38.3 Å². The van der Waals surface area contributed by atoms with E-state index in [2.05, 4.69) is 19.2 Å².